The molecule has 0 aliphatic carbocycles. The van der Waals surface area contributed by atoms with Gasteiger partial charge in [0, 0.05) is 18.0 Å². The zero-order chi connectivity index (χ0) is 11.5. The second kappa shape index (κ2) is 4.07. The highest BCUT2D eigenvalue weighted by atomic mass is 16.3. The molecule has 1 aromatic carbocycles. The van der Waals surface area contributed by atoms with Gasteiger partial charge in [0.1, 0.15) is 0 Å². The topological polar surface area (TPSA) is 66.0 Å². The Hall–Kier alpha value is -2.28. The number of nitriles is 1. The van der Waals surface area contributed by atoms with Crippen molar-refractivity contribution < 1.29 is 5.11 Å². The third-order valence-corrected chi connectivity index (χ3v) is 2.45. The minimum Gasteiger partial charge on any atom is -0.494 e. The molecular formula is C12H10N2O2. The van der Waals surface area contributed by atoms with Crippen molar-refractivity contribution in [3.05, 3.63) is 40.7 Å². The molecule has 4 nitrogen and oxygen atoms in total. The molecule has 1 aromatic heterocycles. The average Bonchev–Trinajstić information content (AvgIpc) is 2.29. The van der Waals surface area contributed by atoms with Crippen molar-refractivity contribution >= 4 is 10.8 Å². The van der Waals surface area contributed by atoms with E-state index in [1.807, 2.05) is 6.07 Å². The summed E-state index contributed by atoms with van der Waals surface area (Å²) in [5, 5.41) is 19.7. The van der Waals surface area contributed by atoms with Crippen LogP contribution in [-0.2, 0) is 6.54 Å². The fourth-order valence-corrected chi connectivity index (χ4v) is 1.67. The third kappa shape index (κ3) is 1.63. The van der Waals surface area contributed by atoms with Crippen LogP contribution in [0.1, 0.15) is 6.42 Å². The number of fused-ring (bicyclic) bond motifs is 1. The van der Waals surface area contributed by atoms with Gasteiger partial charge in [-0.2, -0.15) is 5.26 Å². The Morgan fingerprint density at radius 3 is 2.88 bits per heavy atom. The second-order valence-electron chi connectivity index (χ2n) is 3.45. The van der Waals surface area contributed by atoms with E-state index in [4.69, 9.17) is 5.26 Å². The lowest BCUT2D eigenvalue weighted by atomic mass is 10.1. The van der Waals surface area contributed by atoms with Crippen molar-refractivity contribution in [1.82, 2.24) is 4.57 Å². The Balaban J connectivity index is 2.67. The molecule has 0 atom stereocenters. The van der Waals surface area contributed by atoms with Crippen LogP contribution >= 0.6 is 0 Å². The van der Waals surface area contributed by atoms with Crippen LogP contribution in [0.3, 0.4) is 0 Å². The Labute approximate surface area is 92.0 Å². The van der Waals surface area contributed by atoms with Gasteiger partial charge in [-0.3, -0.25) is 9.36 Å². The number of nitrogens with zero attached hydrogens (tertiary/aromatic N) is 2. The maximum Gasteiger partial charge on any atom is 0.253 e. The summed E-state index contributed by atoms with van der Waals surface area (Å²) in [5.74, 6) is -0.0710. The van der Waals surface area contributed by atoms with Gasteiger partial charge in [0.25, 0.3) is 5.56 Å². The first kappa shape index (κ1) is 10.2. The number of rotatable bonds is 2. The highest BCUT2D eigenvalue weighted by molar-refractivity contribution is 5.86. The molecule has 0 radical (unpaired) electrons. The molecule has 16 heavy (non-hydrogen) atoms. The summed E-state index contributed by atoms with van der Waals surface area (Å²) in [6.45, 7) is 0.214. The highest BCUT2D eigenvalue weighted by Crippen LogP contribution is 2.21. The standard InChI is InChI=1S/C12H10N2O2/c13-6-3-7-14-11(15)8-9-4-1-2-5-10(9)12(14)16/h1-2,4-5,8,16H,3,7H2. The largest absolute Gasteiger partial charge is 0.494 e. The fraction of sp³-hybridized carbons (Fsp3) is 0.167. The number of hydrogen-bond acceptors (Lipinski definition) is 3. The van der Waals surface area contributed by atoms with Crippen LogP contribution in [0.4, 0.5) is 0 Å². The van der Waals surface area contributed by atoms with E-state index in [-0.39, 0.29) is 24.4 Å². The van der Waals surface area contributed by atoms with Gasteiger partial charge < -0.3 is 5.11 Å². The molecule has 0 saturated carbocycles. The summed E-state index contributed by atoms with van der Waals surface area (Å²) < 4.78 is 1.21. The number of aromatic nitrogens is 1. The molecule has 0 unspecified atom stereocenters. The van der Waals surface area contributed by atoms with Crippen molar-refractivity contribution in [3.8, 4) is 11.9 Å². The average molecular weight is 214 g/mol. The molecule has 2 aromatic rings. The van der Waals surface area contributed by atoms with Crippen LogP contribution in [0.5, 0.6) is 5.88 Å². The smallest absolute Gasteiger partial charge is 0.253 e. The van der Waals surface area contributed by atoms with Crippen LogP contribution in [0.15, 0.2) is 35.1 Å². The maximum absolute atomic E-state index is 11.7. The molecule has 4 heteroatoms. The number of hydrogen-bond donors (Lipinski definition) is 1. The van der Waals surface area contributed by atoms with E-state index in [1.54, 1.807) is 24.3 Å². The molecule has 1 N–H and O–H groups in total. The fourth-order valence-electron chi connectivity index (χ4n) is 1.67. The molecule has 1 heterocycles. The summed E-state index contributed by atoms with van der Waals surface area (Å²) in [7, 11) is 0. The molecule has 0 spiro atoms. The van der Waals surface area contributed by atoms with Gasteiger partial charge in [0.05, 0.1) is 12.5 Å². The van der Waals surface area contributed by atoms with Gasteiger partial charge in [-0.15, -0.1) is 0 Å². The normalized spacial score (nSPS) is 10.2. The number of pyridine rings is 1. The Morgan fingerprint density at radius 2 is 2.12 bits per heavy atom. The predicted molar refractivity (Wildman–Crippen MR) is 60.1 cm³/mol. The lowest BCUT2D eigenvalue weighted by Crippen LogP contribution is -2.18. The lowest BCUT2D eigenvalue weighted by Gasteiger charge is -2.08. The molecule has 0 saturated heterocycles. The molecule has 80 valence electrons. The Morgan fingerprint density at radius 1 is 1.38 bits per heavy atom. The van der Waals surface area contributed by atoms with Gasteiger partial charge in [-0.1, -0.05) is 18.2 Å². The second-order valence-corrected chi connectivity index (χ2v) is 3.45. The minimum atomic E-state index is -0.286. The van der Waals surface area contributed by atoms with E-state index < -0.39 is 0 Å². The van der Waals surface area contributed by atoms with E-state index in [2.05, 4.69) is 0 Å². The molecule has 0 aliphatic rings. The highest BCUT2D eigenvalue weighted by Gasteiger charge is 2.07. The third-order valence-electron chi connectivity index (χ3n) is 2.45. The van der Waals surface area contributed by atoms with E-state index in [1.165, 1.54) is 10.6 Å². The first-order chi connectivity index (χ1) is 7.74. The summed E-state index contributed by atoms with van der Waals surface area (Å²) in [4.78, 5) is 11.7. The van der Waals surface area contributed by atoms with Crippen LogP contribution in [0, 0.1) is 11.3 Å². The van der Waals surface area contributed by atoms with Crippen molar-refractivity contribution in [2.45, 2.75) is 13.0 Å². The first-order valence-electron chi connectivity index (χ1n) is 4.92. The minimum absolute atomic E-state index is 0.0710. The van der Waals surface area contributed by atoms with E-state index in [0.29, 0.717) is 10.8 Å². The summed E-state index contributed by atoms with van der Waals surface area (Å²) in [6, 6.07) is 10.5. The zero-order valence-corrected chi connectivity index (χ0v) is 8.55. The van der Waals surface area contributed by atoms with Crippen molar-refractivity contribution in [2.75, 3.05) is 0 Å². The van der Waals surface area contributed by atoms with Gasteiger partial charge in [-0.25, -0.2) is 0 Å². The van der Waals surface area contributed by atoms with Gasteiger partial charge >= 0.3 is 0 Å². The van der Waals surface area contributed by atoms with Crippen LogP contribution in [-0.4, -0.2) is 9.67 Å². The van der Waals surface area contributed by atoms with Gasteiger partial charge in [0.2, 0.25) is 5.88 Å². The Kier molecular flexibility index (Phi) is 2.61. The number of aromatic hydroxyl groups is 1. The van der Waals surface area contributed by atoms with Crippen LogP contribution in [0.2, 0.25) is 0 Å². The zero-order valence-electron chi connectivity index (χ0n) is 8.55. The summed E-state index contributed by atoms with van der Waals surface area (Å²) in [5.41, 5.74) is -0.286. The monoisotopic (exact) mass is 214 g/mol. The molecule has 2 rings (SSSR count). The quantitative estimate of drug-likeness (QED) is 0.826. The maximum atomic E-state index is 11.7. The Bertz CT molecular complexity index is 623. The molecule has 0 bridgehead atoms. The van der Waals surface area contributed by atoms with Crippen LogP contribution < -0.4 is 5.56 Å². The lowest BCUT2D eigenvalue weighted by molar-refractivity contribution is 0.415. The first-order valence-corrected chi connectivity index (χ1v) is 4.92. The van der Waals surface area contributed by atoms with Gasteiger partial charge in [0.15, 0.2) is 0 Å². The molecule has 0 aliphatic heterocycles. The molecule has 0 fully saturated rings. The number of benzene rings is 1. The van der Waals surface area contributed by atoms with Crippen LogP contribution in [0.25, 0.3) is 10.8 Å². The van der Waals surface area contributed by atoms with Gasteiger partial charge in [-0.05, 0) is 11.5 Å². The SMILES string of the molecule is N#CCCn1c(O)c2ccccc2cc1=O. The van der Waals surface area contributed by atoms with E-state index in [9.17, 15) is 9.90 Å². The van der Waals surface area contributed by atoms with Crippen molar-refractivity contribution in [2.24, 2.45) is 0 Å². The summed E-state index contributed by atoms with van der Waals surface area (Å²) in [6.07, 6.45) is 0.200. The van der Waals surface area contributed by atoms with Crippen molar-refractivity contribution in [3.63, 3.8) is 0 Å². The van der Waals surface area contributed by atoms with Crippen molar-refractivity contribution in [1.29, 1.82) is 5.26 Å². The molecule has 0 amide bonds. The van der Waals surface area contributed by atoms with E-state index >= 15 is 0 Å². The van der Waals surface area contributed by atoms with E-state index in [0.717, 1.165) is 0 Å². The summed E-state index contributed by atoms with van der Waals surface area (Å²) >= 11 is 0. The molecular weight excluding hydrogens is 204 g/mol. The predicted octanol–water partition coefficient (Wildman–Crippen LogP) is 1.62.